The number of aromatic nitrogens is 1. The molecule has 3 atom stereocenters. The van der Waals surface area contributed by atoms with Crippen molar-refractivity contribution in [1.82, 2.24) is 20.5 Å². The molecule has 8 nitrogen and oxygen atoms in total. The molecule has 3 fully saturated rings. The van der Waals surface area contributed by atoms with Crippen LogP contribution in [0.2, 0.25) is 5.02 Å². The number of nitrogens with zero attached hydrogens (tertiary/aromatic N) is 2. The van der Waals surface area contributed by atoms with E-state index >= 15 is 0 Å². The third-order valence-electron chi connectivity index (χ3n) is 7.72. The Bertz CT molecular complexity index is 1180. The average molecular weight is 482 g/mol. The number of benzene rings is 1. The van der Waals surface area contributed by atoms with Crippen molar-refractivity contribution in [3.63, 3.8) is 0 Å². The SMILES string of the molecule is N#C[C@H](C[C@@H]1CCCNC1=O)NC(=O)[C@@H]1CC2(CCC2)CN1C(=O)c1cc2c(Cl)cccc2[nH]1. The molecule has 1 spiro atoms. The number of likely N-dealkylation sites (tertiary alicyclic amines) is 1. The van der Waals surface area contributed by atoms with Gasteiger partial charge in [-0.3, -0.25) is 14.4 Å². The molecule has 178 valence electrons. The molecule has 0 bridgehead atoms. The van der Waals surface area contributed by atoms with Crippen molar-refractivity contribution < 1.29 is 14.4 Å². The summed E-state index contributed by atoms with van der Waals surface area (Å²) in [5.74, 6) is -0.913. The summed E-state index contributed by atoms with van der Waals surface area (Å²) in [6.07, 6.45) is 5.51. The molecule has 0 radical (unpaired) electrons. The fourth-order valence-corrected chi connectivity index (χ4v) is 5.92. The standard InChI is InChI=1S/C25H28ClN5O3/c26-18-5-1-6-19-17(18)11-20(30-19)24(34)31-14-25(7-3-8-25)12-21(31)23(33)29-16(13-27)10-15-4-2-9-28-22(15)32/h1,5-6,11,15-16,21,30H,2-4,7-10,12,14H2,(H,28,32)(H,29,33)/t15-,16-,21-/m0/s1. The number of rotatable bonds is 5. The van der Waals surface area contributed by atoms with Crippen LogP contribution in [0.4, 0.5) is 0 Å². The van der Waals surface area contributed by atoms with Crippen LogP contribution in [0.5, 0.6) is 0 Å². The number of hydrogen-bond acceptors (Lipinski definition) is 4. The second-order valence-electron chi connectivity index (χ2n) is 9.95. The molecule has 9 heteroatoms. The van der Waals surface area contributed by atoms with E-state index in [1.807, 2.05) is 12.1 Å². The third-order valence-corrected chi connectivity index (χ3v) is 8.05. The minimum Gasteiger partial charge on any atom is -0.356 e. The number of piperidine rings is 1. The minimum absolute atomic E-state index is 0.0350. The summed E-state index contributed by atoms with van der Waals surface area (Å²) >= 11 is 6.29. The molecule has 1 saturated carbocycles. The van der Waals surface area contributed by atoms with E-state index in [-0.39, 0.29) is 35.5 Å². The highest BCUT2D eigenvalue weighted by atomic mass is 35.5. The summed E-state index contributed by atoms with van der Waals surface area (Å²) in [7, 11) is 0. The number of carbonyl (C=O) groups excluding carboxylic acids is 3. The zero-order valence-electron chi connectivity index (χ0n) is 18.9. The number of halogens is 1. The molecule has 3 amide bonds. The number of nitrogens with one attached hydrogen (secondary N) is 3. The highest BCUT2D eigenvalue weighted by Gasteiger charge is 2.52. The molecule has 1 aromatic carbocycles. The first-order valence-electron chi connectivity index (χ1n) is 11.9. The lowest BCUT2D eigenvalue weighted by atomic mass is 9.67. The predicted molar refractivity (Wildman–Crippen MR) is 127 cm³/mol. The van der Waals surface area contributed by atoms with Crippen LogP contribution in [-0.2, 0) is 9.59 Å². The number of nitriles is 1. The van der Waals surface area contributed by atoms with Crippen molar-refractivity contribution >= 4 is 40.2 Å². The topological polar surface area (TPSA) is 118 Å². The van der Waals surface area contributed by atoms with E-state index in [0.29, 0.717) is 36.6 Å². The molecular formula is C25H28ClN5O3. The van der Waals surface area contributed by atoms with Gasteiger partial charge >= 0.3 is 0 Å². The van der Waals surface area contributed by atoms with Gasteiger partial charge in [-0.25, -0.2) is 0 Å². The molecule has 2 aromatic rings. The molecule has 1 aliphatic carbocycles. The number of amides is 3. The van der Waals surface area contributed by atoms with Gasteiger partial charge in [0.1, 0.15) is 17.8 Å². The van der Waals surface area contributed by atoms with Crippen LogP contribution < -0.4 is 10.6 Å². The normalized spacial score (nSPS) is 24.4. The van der Waals surface area contributed by atoms with Gasteiger partial charge in [-0.05, 0) is 62.1 Å². The molecule has 3 N–H and O–H groups in total. The van der Waals surface area contributed by atoms with E-state index < -0.39 is 12.1 Å². The molecule has 3 heterocycles. The second-order valence-corrected chi connectivity index (χ2v) is 10.4. The van der Waals surface area contributed by atoms with Crippen LogP contribution in [-0.4, -0.2) is 52.8 Å². The van der Waals surface area contributed by atoms with E-state index in [4.69, 9.17) is 11.6 Å². The van der Waals surface area contributed by atoms with Crippen molar-refractivity contribution in [3.8, 4) is 6.07 Å². The molecule has 3 aliphatic rings. The van der Waals surface area contributed by atoms with Crippen LogP contribution in [0.3, 0.4) is 0 Å². The van der Waals surface area contributed by atoms with E-state index in [9.17, 15) is 19.6 Å². The minimum atomic E-state index is -0.775. The molecule has 34 heavy (non-hydrogen) atoms. The summed E-state index contributed by atoms with van der Waals surface area (Å²) in [4.78, 5) is 43.8. The third kappa shape index (κ3) is 4.14. The summed E-state index contributed by atoms with van der Waals surface area (Å²) < 4.78 is 0. The van der Waals surface area contributed by atoms with Gasteiger partial charge in [0.15, 0.2) is 0 Å². The molecule has 5 rings (SSSR count). The zero-order chi connectivity index (χ0) is 23.9. The summed E-state index contributed by atoms with van der Waals surface area (Å²) in [6.45, 7) is 1.17. The van der Waals surface area contributed by atoms with Gasteiger partial charge in [0.05, 0.1) is 6.07 Å². The highest BCUT2D eigenvalue weighted by molar-refractivity contribution is 6.35. The summed E-state index contributed by atoms with van der Waals surface area (Å²) in [5, 5.41) is 16.6. The lowest BCUT2D eigenvalue weighted by Gasteiger charge is -2.37. The van der Waals surface area contributed by atoms with Gasteiger partial charge in [0, 0.05) is 34.9 Å². The second kappa shape index (κ2) is 8.95. The van der Waals surface area contributed by atoms with Crippen LogP contribution in [0, 0.1) is 22.7 Å². The maximum atomic E-state index is 13.5. The van der Waals surface area contributed by atoms with Crippen molar-refractivity contribution in [2.75, 3.05) is 13.1 Å². The Labute approximate surface area is 203 Å². The van der Waals surface area contributed by atoms with Gasteiger partial charge in [-0.2, -0.15) is 5.26 Å². The van der Waals surface area contributed by atoms with E-state index in [1.54, 1.807) is 17.0 Å². The van der Waals surface area contributed by atoms with Crippen molar-refractivity contribution in [1.29, 1.82) is 5.26 Å². The van der Waals surface area contributed by atoms with Crippen LogP contribution >= 0.6 is 11.6 Å². The van der Waals surface area contributed by atoms with Crippen molar-refractivity contribution in [3.05, 3.63) is 35.0 Å². The summed E-state index contributed by atoms with van der Waals surface area (Å²) in [5.41, 5.74) is 1.13. The zero-order valence-corrected chi connectivity index (χ0v) is 19.7. The first-order valence-corrected chi connectivity index (χ1v) is 12.3. The number of carbonyl (C=O) groups is 3. The number of H-pyrrole nitrogens is 1. The monoisotopic (exact) mass is 481 g/mol. The first-order chi connectivity index (χ1) is 16.4. The first kappa shape index (κ1) is 22.7. The Balaban J connectivity index is 1.34. The molecule has 1 aromatic heterocycles. The molecular weight excluding hydrogens is 454 g/mol. The number of hydrogen-bond donors (Lipinski definition) is 3. The molecule has 0 unspecified atom stereocenters. The van der Waals surface area contributed by atoms with Crippen LogP contribution in [0.1, 0.15) is 55.4 Å². The van der Waals surface area contributed by atoms with E-state index in [1.165, 1.54) is 0 Å². The largest absolute Gasteiger partial charge is 0.356 e. The quantitative estimate of drug-likeness (QED) is 0.607. The molecule has 2 saturated heterocycles. The Hall–Kier alpha value is -3.05. The Morgan fingerprint density at radius 2 is 2.15 bits per heavy atom. The Morgan fingerprint density at radius 3 is 2.82 bits per heavy atom. The van der Waals surface area contributed by atoms with E-state index in [2.05, 4.69) is 21.7 Å². The van der Waals surface area contributed by atoms with Crippen molar-refractivity contribution in [2.24, 2.45) is 11.3 Å². The Kier molecular flexibility index (Phi) is 5.98. The van der Waals surface area contributed by atoms with Gasteiger partial charge in [-0.15, -0.1) is 0 Å². The van der Waals surface area contributed by atoms with Gasteiger partial charge in [0.2, 0.25) is 11.8 Å². The maximum absolute atomic E-state index is 13.5. The van der Waals surface area contributed by atoms with Gasteiger partial charge in [0.25, 0.3) is 5.91 Å². The highest BCUT2D eigenvalue weighted by Crippen LogP contribution is 2.50. The molecule has 2 aliphatic heterocycles. The fourth-order valence-electron chi connectivity index (χ4n) is 5.69. The van der Waals surface area contributed by atoms with Gasteiger partial charge in [-0.1, -0.05) is 24.1 Å². The van der Waals surface area contributed by atoms with Crippen LogP contribution in [0.25, 0.3) is 10.9 Å². The van der Waals surface area contributed by atoms with Gasteiger partial charge < -0.3 is 20.5 Å². The fraction of sp³-hybridized carbons (Fsp3) is 0.520. The predicted octanol–water partition coefficient (Wildman–Crippen LogP) is 3.13. The van der Waals surface area contributed by atoms with E-state index in [0.717, 1.165) is 36.6 Å². The van der Waals surface area contributed by atoms with Crippen LogP contribution in [0.15, 0.2) is 24.3 Å². The smallest absolute Gasteiger partial charge is 0.271 e. The lowest BCUT2D eigenvalue weighted by molar-refractivity contribution is -0.128. The van der Waals surface area contributed by atoms with Crippen molar-refractivity contribution in [2.45, 2.75) is 57.0 Å². The average Bonchev–Trinajstić information content (AvgIpc) is 3.43. The summed E-state index contributed by atoms with van der Waals surface area (Å²) in [6, 6.07) is 7.90. The maximum Gasteiger partial charge on any atom is 0.271 e. The lowest BCUT2D eigenvalue weighted by Crippen LogP contribution is -2.49. The number of aromatic amines is 1. The Morgan fingerprint density at radius 1 is 1.32 bits per heavy atom. The number of fused-ring (bicyclic) bond motifs is 1.